The van der Waals surface area contributed by atoms with Crippen molar-refractivity contribution in [2.75, 3.05) is 0 Å². The Kier molecular flexibility index (Phi) is 5.67. The van der Waals surface area contributed by atoms with E-state index in [1.165, 1.54) is 11.1 Å². The molecule has 1 aliphatic carbocycles. The van der Waals surface area contributed by atoms with Gasteiger partial charge in [-0.25, -0.2) is 9.59 Å². The van der Waals surface area contributed by atoms with Gasteiger partial charge in [-0.3, -0.25) is 0 Å². The molecule has 0 unspecified atom stereocenters. The summed E-state index contributed by atoms with van der Waals surface area (Å²) in [6, 6.07) is 14.1. The lowest BCUT2D eigenvalue weighted by Crippen LogP contribution is -2.36. The van der Waals surface area contributed by atoms with Crippen LogP contribution in [0.2, 0.25) is 0 Å². The predicted octanol–water partition coefficient (Wildman–Crippen LogP) is 7.38. The Labute approximate surface area is 201 Å². The van der Waals surface area contributed by atoms with Crippen LogP contribution < -0.4 is 0 Å². The van der Waals surface area contributed by atoms with Crippen LogP contribution >= 0.6 is 0 Å². The van der Waals surface area contributed by atoms with Crippen LogP contribution in [0.4, 0.5) is 0 Å². The zero-order valence-electron chi connectivity index (χ0n) is 20.7. The van der Waals surface area contributed by atoms with Gasteiger partial charge in [0.25, 0.3) is 0 Å². The highest BCUT2D eigenvalue weighted by molar-refractivity contribution is 6.04. The summed E-state index contributed by atoms with van der Waals surface area (Å²) >= 11 is 0. The Hall–Kier alpha value is -3.40. The first kappa shape index (κ1) is 23.7. The van der Waals surface area contributed by atoms with Gasteiger partial charge in [0.05, 0.1) is 11.1 Å². The molecule has 4 rings (SSSR count). The highest BCUT2D eigenvalue weighted by Crippen LogP contribution is 2.54. The third kappa shape index (κ3) is 3.62. The number of fused-ring (bicyclic) bond motifs is 1. The smallest absolute Gasteiger partial charge is 0.336 e. The lowest BCUT2D eigenvalue weighted by molar-refractivity contribution is 0.0686. The van der Waals surface area contributed by atoms with E-state index in [9.17, 15) is 19.8 Å². The molecule has 2 N–H and O–H groups in total. The van der Waals surface area contributed by atoms with Crippen LogP contribution in [-0.4, -0.2) is 22.2 Å². The van der Waals surface area contributed by atoms with Crippen LogP contribution in [0.5, 0.6) is 0 Å². The van der Waals surface area contributed by atoms with Crippen molar-refractivity contribution in [2.24, 2.45) is 0 Å². The van der Waals surface area contributed by atoms with Crippen molar-refractivity contribution < 1.29 is 19.8 Å². The van der Waals surface area contributed by atoms with Crippen molar-refractivity contribution in [2.45, 2.75) is 65.2 Å². The second-order valence-electron chi connectivity index (χ2n) is 10.7. The van der Waals surface area contributed by atoms with E-state index in [2.05, 4.69) is 41.5 Å². The Morgan fingerprint density at radius 1 is 0.647 bits per heavy atom. The van der Waals surface area contributed by atoms with Crippen LogP contribution in [0.25, 0.3) is 22.3 Å². The molecule has 0 saturated carbocycles. The van der Waals surface area contributed by atoms with E-state index in [1.807, 2.05) is 24.3 Å². The van der Waals surface area contributed by atoms with Crippen molar-refractivity contribution in [1.29, 1.82) is 0 Å². The quantitative estimate of drug-likeness (QED) is 0.429. The SMILES string of the molecule is Cc1c(-c2ccccc2C(=O)O)c(-c2ccccc2C(=O)O)c(C)c2c1C(C)(C)CCC2(C)C. The zero-order chi connectivity index (χ0) is 25.0. The molecule has 0 heterocycles. The van der Waals surface area contributed by atoms with Crippen molar-refractivity contribution >= 4 is 11.9 Å². The Bertz CT molecular complexity index is 1230. The maximum atomic E-state index is 12.2. The molecule has 0 spiro atoms. The van der Waals surface area contributed by atoms with Crippen molar-refractivity contribution in [3.05, 3.63) is 81.9 Å². The van der Waals surface area contributed by atoms with Gasteiger partial charge in [-0.05, 0) is 94.2 Å². The third-order valence-corrected chi connectivity index (χ3v) is 7.58. The molecule has 3 aromatic carbocycles. The first-order valence-corrected chi connectivity index (χ1v) is 11.7. The van der Waals surface area contributed by atoms with Gasteiger partial charge in [0.2, 0.25) is 0 Å². The summed E-state index contributed by atoms with van der Waals surface area (Å²) in [4.78, 5) is 24.5. The topological polar surface area (TPSA) is 74.6 Å². The summed E-state index contributed by atoms with van der Waals surface area (Å²) < 4.78 is 0. The number of hydrogen-bond acceptors (Lipinski definition) is 2. The Morgan fingerprint density at radius 2 is 0.971 bits per heavy atom. The van der Waals surface area contributed by atoms with Gasteiger partial charge in [0.1, 0.15) is 0 Å². The fraction of sp³-hybridized carbons (Fsp3) is 0.333. The fourth-order valence-corrected chi connectivity index (χ4v) is 6.02. The summed E-state index contributed by atoms with van der Waals surface area (Å²) in [6.07, 6.45) is 2.05. The van der Waals surface area contributed by atoms with Crippen molar-refractivity contribution in [3.63, 3.8) is 0 Å². The first-order chi connectivity index (χ1) is 15.9. The fourth-order valence-electron chi connectivity index (χ4n) is 6.02. The zero-order valence-corrected chi connectivity index (χ0v) is 20.7. The minimum atomic E-state index is -0.998. The highest BCUT2D eigenvalue weighted by atomic mass is 16.4. The Morgan fingerprint density at radius 3 is 1.29 bits per heavy atom. The highest BCUT2D eigenvalue weighted by Gasteiger charge is 2.41. The number of carbonyl (C=O) groups is 2. The van der Waals surface area contributed by atoms with Gasteiger partial charge in [0.15, 0.2) is 0 Å². The number of carboxylic acids is 2. The maximum Gasteiger partial charge on any atom is 0.336 e. The van der Waals surface area contributed by atoms with Gasteiger partial charge in [-0.2, -0.15) is 0 Å². The molecular weight excluding hydrogens is 424 g/mol. The van der Waals surface area contributed by atoms with Gasteiger partial charge < -0.3 is 10.2 Å². The van der Waals surface area contributed by atoms with Crippen LogP contribution in [0.3, 0.4) is 0 Å². The summed E-state index contributed by atoms with van der Waals surface area (Å²) in [7, 11) is 0. The first-order valence-electron chi connectivity index (χ1n) is 11.7. The van der Waals surface area contributed by atoms with Gasteiger partial charge >= 0.3 is 11.9 Å². The van der Waals surface area contributed by atoms with E-state index in [-0.39, 0.29) is 22.0 Å². The van der Waals surface area contributed by atoms with Gasteiger partial charge in [-0.15, -0.1) is 0 Å². The molecule has 4 heteroatoms. The van der Waals surface area contributed by atoms with E-state index in [4.69, 9.17) is 0 Å². The number of benzene rings is 3. The molecule has 0 aliphatic heterocycles. The van der Waals surface area contributed by atoms with Gasteiger partial charge in [-0.1, -0.05) is 64.1 Å². The normalized spacial score (nSPS) is 16.1. The van der Waals surface area contributed by atoms with E-state index in [0.29, 0.717) is 11.1 Å². The lowest BCUT2D eigenvalue weighted by Gasteiger charge is -2.45. The van der Waals surface area contributed by atoms with Crippen LogP contribution in [0.15, 0.2) is 48.5 Å². The molecule has 0 saturated heterocycles. The standard InChI is InChI=1S/C30H32O4/c1-17-23(19-11-7-9-13-21(19)27(31)32)24(20-12-8-10-14-22(20)28(33)34)18(2)26-25(17)29(3,4)15-16-30(26,5)6/h7-14H,15-16H2,1-6H3,(H,31,32)(H,33,34). The van der Waals surface area contributed by atoms with Crippen LogP contribution in [0.1, 0.15) is 83.5 Å². The predicted molar refractivity (Wildman–Crippen MR) is 136 cm³/mol. The molecule has 0 aromatic heterocycles. The minimum absolute atomic E-state index is 0.0859. The maximum absolute atomic E-state index is 12.2. The molecular formula is C30H32O4. The second kappa shape index (κ2) is 8.12. The van der Waals surface area contributed by atoms with E-state index >= 15 is 0 Å². The number of aromatic carboxylic acids is 2. The number of hydrogen-bond donors (Lipinski definition) is 2. The average Bonchev–Trinajstić information content (AvgIpc) is 2.77. The second-order valence-corrected chi connectivity index (χ2v) is 10.7. The van der Waals surface area contributed by atoms with Crippen LogP contribution in [0, 0.1) is 13.8 Å². The largest absolute Gasteiger partial charge is 0.478 e. The summed E-state index contributed by atoms with van der Waals surface area (Å²) in [5.74, 6) is -2.00. The minimum Gasteiger partial charge on any atom is -0.478 e. The summed E-state index contributed by atoms with van der Waals surface area (Å²) in [6.45, 7) is 13.2. The lowest BCUT2D eigenvalue weighted by atomic mass is 9.59. The van der Waals surface area contributed by atoms with Crippen LogP contribution in [-0.2, 0) is 10.8 Å². The van der Waals surface area contributed by atoms with E-state index < -0.39 is 11.9 Å². The monoisotopic (exact) mass is 456 g/mol. The number of carboxylic acid groups (broad SMARTS) is 2. The molecule has 34 heavy (non-hydrogen) atoms. The third-order valence-electron chi connectivity index (χ3n) is 7.58. The van der Waals surface area contributed by atoms with E-state index in [1.54, 1.807) is 24.3 Å². The van der Waals surface area contributed by atoms with E-state index in [0.717, 1.165) is 35.1 Å². The molecule has 1 aliphatic rings. The number of rotatable bonds is 4. The van der Waals surface area contributed by atoms with Crippen molar-refractivity contribution in [3.8, 4) is 22.3 Å². The molecule has 0 atom stereocenters. The van der Waals surface area contributed by atoms with Crippen molar-refractivity contribution in [1.82, 2.24) is 0 Å². The van der Waals surface area contributed by atoms with Gasteiger partial charge in [0, 0.05) is 0 Å². The summed E-state index contributed by atoms with van der Waals surface area (Å²) in [5, 5.41) is 20.0. The molecule has 0 amide bonds. The Balaban J connectivity index is 2.28. The summed E-state index contributed by atoms with van der Waals surface area (Å²) in [5.41, 5.74) is 7.70. The average molecular weight is 457 g/mol. The molecule has 0 fully saturated rings. The molecule has 3 aromatic rings. The molecule has 0 bridgehead atoms. The molecule has 0 radical (unpaired) electrons. The molecule has 4 nitrogen and oxygen atoms in total. The molecule has 176 valence electrons.